The van der Waals surface area contributed by atoms with Gasteiger partial charge in [0.05, 0.1) is 0 Å². The van der Waals surface area contributed by atoms with Crippen LogP contribution in [-0.4, -0.2) is 0 Å². The molecule has 1 aromatic carbocycles. The maximum atomic E-state index is 2.00. The van der Waals surface area contributed by atoms with Gasteiger partial charge in [0.15, 0.2) is 0 Å². The first-order chi connectivity index (χ1) is 3.00. The van der Waals surface area contributed by atoms with Gasteiger partial charge in [-0.2, -0.15) is 0 Å². The van der Waals surface area contributed by atoms with Crippen molar-refractivity contribution in [3.05, 3.63) is 36.4 Å². The molecule has 0 saturated carbocycles. The smallest absolute Gasteiger partial charge is 0.0623 e. The molecule has 0 bridgehead atoms. The van der Waals surface area contributed by atoms with E-state index in [0.29, 0.717) is 0 Å². The van der Waals surface area contributed by atoms with Crippen LogP contribution < -0.4 is 0 Å². The van der Waals surface area contributed by atoms with Crippen molar-refractivity contribution < 1.29 is 23.5 Å². The fourth-order valence-electron chi connectivity index (χ4n) is 0.385. The summed E-state index contributed by atoms with van der Waals surface area (Å²) in [5, 5.41) is 0. The third-order valence-electron chi connectivity index (χ3n) is 0.667. The molecule has 1 aromatic rings. The van der Waals surface area contributed by atoms with E-state index in [2.05, 4.69) is 0 Å². The van der Waals surface area contributed by atoms with Crippen LogP contribution in [0.1, 0.15) is 0 Å². The van der Waals surface area contributed by atoms with E-state index >= 15 is 0 Å². The Morgan fingerprint density at radius 1 is 0.333 bits per heavy atom. The van der Waals surface area contributed by atoms with Crippen LogP contribution in [0.3, 0.4) is 0 Å². The van der Waals surface area contributed by atoms with Gasteiger partial charge in [-0.3, -0.25) is 23.5 Å². The van der Waals surface area contributed by atoms with Gasteiger partial charge in [0.25, 0.3) is 0 Å². The van der Waals surface area contributed by atoms with E-state index < -0.39 is 0 Å². The van der Waals surface area contributed by atoms with Crippen molar-refractivity contribution in [3.63, 3.8) is 0 Å². The van der Waals surface area contributed by atoms with Gasteiger partial charge >= 0.3 is 0 Å². The van der Waals surface area contributed by atoms with E-state index in [-0.39, 0.29) is 40.5 Å². The van der Waals surface area contributed by atoms with Gasteiger partial charge in [-0.1, -0.05) is 36.4 Å². The van der Waals surface area contributed by atoms with Gasteiger partial charge in [-0.05, 0) is 0 Å². The third-order valence-corrected chi connectivity index (χ3v) is 0.667. The van der Waals surface area contributed by atoms with E-state index in [1.54, 1.807) is 0 Å². The van der Waals surface area contributed by atoms with Crippen molar-refractivity contribution in [2.75, 3.05) is 0 Å². The van der Waals surface area contributed by atoms with Crippen LogP contribution in [0.4, 0.5) is 23.5 Å². The Labute approximate surface area is 77.6 Å². The zero-order valence-electron chi connectivity index (χ0n) is 5.91. The highest BCUT2D eigenvalue weighted by Gasteiger charge is 1.57. The highest BCUT2D eigenvalue weighted by molar-refractivity contribution is 8.93. The van der Waals surface area contributed by atoms with Gasteiger partial charge in [0.2, 0.25) is 0 Å². The molecule has 0 aliphatic carbocycles. The Morgan fingerprint density at radius 2 is 0.417 bits per heavy atom. The van der Waals surface area contributed by atoms with Crippen molar-refractivity contribution in [2.24, 2.45) is 0 Å². The molecule has 0 spiro atoms. The zero-order chi connectivity index (χ0) is 4.24. The molecule has 1 rings (SSSR count). The maximum absolute atomic E-state index is 2.00. The van der Waals surface area contributed by atoms with Crippen LogP contribution in [-0.2, 0) is 0 Å². The lowest BCUT2D eigenvalue weighted by atomic mass is 10.4. The summed E-state index contributed by atoms with van der Waals surface area (Å²) in [7, 11) is 0. The van der Waals surface area contributed by atoms with Gasteiger partial charge in [0, 0.05) is 0 Å². The Balaban J connectivity index is -0.0000000150. The molecule has 0 fully saturated rings. The van der Waals surface area contributed by atoms with E-state index in [9.17, 15) is 0 Å². The topological polar surface area (TPSA) is 0 Å². The lowest BCUT2D eigenvalue weighted by Crippen LogP contribution is -1.47. The number of rotatable bonds is 0. The quantitative estimate of drug-likeness (QED) is 0.628. The SMILES string of the molecule is Br.F.F.F.F.F.c1ccccc1. The maximum Gasteiger partial charge on any atom is -0.0623 e. The van der Waals surface area contributed by atoms with Gasteiger partial charge in [-0.15, -0.1) is 17.0 Å². The average Bonchev–Trinajstić information content (AvgIpc) is 1.72. The summed E-state index contributed by atoms with van der Waals surface area (Å²) in [5.74, 6) is 0. The summed E-state index contributed by atoms with van der Waals surface area (Å²) < 4.78 is 0. The standard InChI is InChI=1S/C6H6.BrH.5FH/c1-2-4-6-5-3-1;;;;;;/h1-6H;6*1H. The van der Waals surface area contributed by atoms with E-state index in [0.717, 1.165) is 0 Å². The predicted molar refractivity (Wildman–Crippen MR) is 49.3 cm³/mol. The molecule has 0 aliphatic rings. The minimum atomic E-state index is 0. The molecule has 0 N–H and O–H groups in total. The molecule has 78 valence electrons. The van der Waals surface area contributed by atoms with Gasteiger partial charge < -0.3 is 0 Å². The van der Waals surface area contributed by atoms with Crippen molar-refractivity contribution in [2.45, 2.75) is 0 Å². The fourth-order valence-corrected chi connectivity index (χ4v) is 0.385. The van der Waals surface area contributed by atoms with Crippen LogP contribution in [0.25, 0.3) is 0 Å². The van der Waals surface area contributed by atoms with Crippen molar-refractivity contribution in [3.8, 4) is 0 Å². The highest BCUT2D eigenvalue weighted by Crippen LogP contribution is 1.79. The molecule has 0 aromatic heterocycles. The summed E-state index contributed by atoms with van der Waals surface area (Å²) in [6.07, 6.45) is 0. The minimum absolute atomic E-state index is 0. The van der Waals surface area contributed by atoms with Crippen molar-refractivity contribution in [1.29, 1.82) is 0 Å². The molecule has 0 aliphatic heterocycles. The molecular weight excluding hydrogens is 247 g/mol. The van der Waals surface area contributed by atoms with Gasteiger partial charge in [0.1, 0.15) is 0 Å². The Kier molecular flexibility index (Phi) is 112. The average molecular weight is 259 g/mol. The molecule has 0 radical (unpaired) electrons. The van der Waals surface area contributed by atoms with Crippen LogP contribution in [0.15, 0.2) is 36.4 Å². The molecule has 0 saturated heterocycles. The molecule has 0 nitrogen and oxygen atoms in total. The number of benzene rings is 1. The largest absolute Gasteiger partial charge is 0.269 e. The number of hydrogen-bond acceptors (Lipinski definition) is 0. The van der Waals surface area contributed by atoms with E-state index in [4.69, 9.17) is 0 Å². The normalized spacial score (nSPS) is 4.00. The van der Waals surface area contributed by atoms with Crippen LogP contribution in [0.2, 0.25) is 0 Å². The molecule has 0 heterocycles. The molecule has 0 amide bonds. The summed E-state index contributed by atoms with van der Waals surface area (Å²) in [4.78, 5) is 0. The second-order valence-electron chi connectivity index (χ2n) is 1.15. The summed E-state index contributed by atoms with van der Waals surface area (Å²) >= 11 is 0. The third kappa shape index (κ3) is 22.8. The van der Waals surface area contributed by atoms with Crippen LogP contribution in [0, 0.1) is 0 Å². The Bertz CT molecular complexity index is 87.9. The summed E-state index contributed by atoms with van der Waals surface area (Å²) in [6.45, 7) is 0. The molecule has 6 heteroatoms. The molecule has 0 atom stereocenters. The Morgan fingerprint density at radius 3 is 0.500 bits per heavy atom. The molecular formula is C6H12BrF5. The zero-order valence-corrected chi connectivity index (χ0v) is 7.63. The predicted octanol–water partition coefficient (Wildman–Crippen LogP) is 3.03. The second-order valence-corrected chi connectivity index (χ2v) is 1.15. The molecule has 0 unspecified atom stereocenters. The summed E-state index contributed by atoms with van der Waals surface area (Å²) in [6, 6.07) is 12.0. The first-order valence-electron chi connectivity index (χ1n) is 2.00. The van der Waals surface area contributed by atoms with Crippen LogP contribution in [0.5, 0.6) is 0 Å². The first-order valence-corrected chi connectivity index (χ1v) is 2.00. The number of halogens is 6. The lowest BCUT2D eigenvalue weighted by molar-refractivity contribution is 1.11. The first kappa shape index (κ1) is 42.5. The van der Waals surface area contributed by atoms with E-state index in [1.165, 1.54) is 0 Å². The lowest BCUT2D eigenvalue weighted by Gasteiger charge is -1.69. The minimum Gasteiger partial charge on any atom is -0.269 e. The molecule has 12 heavy (non-hydrogen) atoms. The van der Waals surface area contributed by atoms with Crippen LogP contribution >= 0.6 is 17.0 Å². The monoisotopic (exact) mass is 258 g/mol. The van der Waals surface area contributed by atoms with E-state index in [1.807, 2.05) is 36.4 Å². The van der Waals surface area contributed by atoms with Crippen molar-refractivity contribution >= 4 is 17.0 Å². The Hall–Kier alpha value is -0.650. The van der Waals surface area contributed by atoms with Crippen molar-refractivity contribution in [1.82, 2.24) is 0 Å². The van der Waals surface area contributed by atoms with Gasteiger partial charge in [-0.25, -0.2) is 0 Å². The summed E-state index contributed by atoms with van der Waals surface area (Å²) in [5.41, 5.74) is 0. The second kappa shape index (κ2) is 31.6. The number of hydrogen-bond donors (Lipinski definition) is 0. The fraction of sp³-hybridized carbons (Fsp3) is 0. The highest BCUT2D eigenvalue weighted by atomic mass is 79.9.